The largest absolute Gasteiger partial charge is 0.356 e. The molecule has 1 amide bonds. The molecular weight excluding hydrogens is 386 g/mol. The van der Waals surface area contributed by atoms with E-state index in [1.807, 2.05) is 11.9 Å². The van der Waals surface area contributed by atoms with Crippen molar-refractivity contribution in [1.29, 1.82) is 0 Å². The summed E-state index contributed by atoms with van der Waals surface area (Å²) < 4.78 is 0. The molecule has 168 valence electrons. The van der Waals surface area contributed by atoms with Crippen LogP contribution in [-0.4, -0.2) is 63.6 Å². The van der Waals surface area contributed by atoms with Crippen LogP contribution in [0.15, 0.2) is 12.1 Å². The number of likely N-dealkylation sites (tertiary alicyclic amines) is 1. The fraction of sp³-hybridized carbons (Fsp3) is 0.600. The number of carbonyl (C=O) groups is 1. The first-order valence-electron chi connectivity index (χ1n) is 11.6. The first-order chi connectivity index (χ1) is 14.6. The summed E-state index contributed by atoms with van der Waals surface area (Å²) in [5, 5.41) is 7.81. The van der Waals surface area contributed by atoms with Crippen LogP contribution in [0, 0.1) is 12.3 Å². The van der Waals surface area contributed by atoms with E-state index in [4.69, 9.17) is 0 Å². The molecule has 0 saturated carbocycles. The molecule has 0 bridgehead atoms. The zero-order valence-corrected chi connectivity index (χ0v) is 19.9. The molecule has 2 aromatic heterocycles. The van der Waals surface area contributed by atoms with Crippen molar-refractivity contribution in [1.82, 2.24) is 25.0 Å². The summed E-state index contributed by atoms with van der Waals surface area (Å²) in [7, 11) is 4.00. The van der Waals surface area contributed by atoms with Gasteiger partial charge in [-0.2, -0.15) is 5.10 Å². The van der Waals surface area contributed by atoms with Crippen molar-refractivity contribution >= 4 is 12.0 Å². The van der Waals surface area contributed by atoms with Crippen LogP contribution in [0.2, 0.25) is 0 Å². The molecule has 6 heteroatoms. The highest BCUT2D eigenvalue weighted by Crippen LogP contribution is 2.32. The van der Waals surface area contributed by atoms with E-state index in [-0.39, 0.29) is 23.4 Å². The van der Waals surface area contributed by atoms with E-state index in [1.165, 1.54) is 16.8 Å². The fourth-order valence-corrected chi connectivity index (χ4v) is 4.82. The van der Waals surface area contributed by atoms with Crippen molar-refractivity contribution in [3.05, 3.63) is 34.7 Å². The topological polar surface area (TPSA) is 68.0 Å². The number of aryl methyl sites for hydroxylation is 1. The summed E-state index contributed by atoms with van der Waals surface area (Å²) in [5.74, 6) is 0.234. The zero-order chi connectivity index (χ0) is 22.3. The molecule has 4 rings (SSSR count). The highest BCUT2D eigenvalue weighted by Gasteiger charge is 2.33. The van der Waals surface area contributed by atoms with Gasteiger partial charge in [-0.25, -0.2) is 0 Å². The van der Waals surface area contributed by atoms with Gasteiger partial charge in [0.05, 0.1) is 17.8 Å². The maximum absolute atomic E-state index is 13.0. The molecule has 1 aliphatic heterocycles. The highest BCUT2D eigenvalue weighted by atomic mass is 16.2. The number of nitrogens with one attached hydrogen (secondary N) is 2. The van der Waals surface area contributed by atoms with Gasteiger partial charge in [0.15, 0.2) is 0 Å². The van der Waals surface area contributed by atoms with Gasteiger partial charge in [0.1, 0.15) is 5.69 Å². The van der Waals surface area contributed by atoms with Crippen LogP contribution < -0.4 is 0 Å². The van der Waals surface area contributed by atoms with Gasteiger partial charge >= 0.3 is 0 Å². The van der Waals surface area contributed by atoms with Crippen LogP contribution in [0.4, 0.5) is 0 Å². The summed E-state index contributed by atoms with van der Waals surface area (Å²) in [4.78, 5) is 20.8. The lowest BCUT2D eigenvalue weighted by molar-refractivity contribution is -0.135. The number of likely N-dealkylation sites (N-methyl/N-ethyl adjacent to an activating group) is 2. The first-order valence-corrected chi connectivity index (χ1v) is 11.6. The third-order valence-electron chi connectivity index (χ3n) is 6.95. The average Bonchev–Trinajstić information content (AvgIpc) is 3.41. The van der Waals surface area contributed by atoms with Gasteiger partial charge < -0.3 is 9.88 Å². The predicted octanol–water partition coefficient (Wildman–Crippen LogP) is 4.18. The second-order valence-electron chi connectivity index (χ2n) is 10.6. The maximum Gasteiger partial charge on any atom is 0.240 e. The molecule has 2 aromatic rings. The van der Waals surface area contributed by atoms with E-state index in [9.17, 15) is 4.79 Å². The Balaban J connectivity index is 1.51. The number of rotatable bonds is 5. The molecule has 0 spiro atoms. The number of amides is 1. The Morgan fingerprint density at radius 2 is 2.13 bits per heavy atom. The SMILES string of the molecule is Cc1[nH]nc(-c2cc3c([nH]2)CC(N(C)C(=O)[C@@H]2CCCN2C)C=C3)c1CCC(C)(C)C. The maximum atomic E-state index is 13.0. The van der Waals surface area contributed by atoms with Crippen LogP contribution >= 0.6 is 0 Å². The molecule has 2 N–H and O–H groups in total. The Hall–Kier alpha value is -2.34. The van der Waals surface area contributed by atoms with Crippen LogP contribution in [-0.2, 0) is 17.6 Å². The third-order valence-corrected chi connectivity index (χ3v) is 6.95. The minimum absolute atomic E-state index is 0.0244. The van der Waals surface area contributed by atoms with Gasteiger partial charge in [-0.15, -0.1) is 0 Å². The van der Waals surface area contributed by atoms with Crippen LogP contribution in [0.1, 0.15) is 62.5 Å². The Labute approximate surface area is 186 Å². The van der Waals surface area contributed by atoms with Crippen molar-refractivity contribution in [3.8, 4) is 11.4 Å². The minimum Gasteiger partial charge on any atom is -0.356 e. The Morgan fingerprint density at radius 3 is 2.81 bits per heavy atom. The average molecular weight is 424 g/mol. The molecule has 0 aromatic carbocycles. The van der Waals surface area contributed by atoms with Gasteiger partial charge in [-0.3, -0.25) is 14.8 Å². The molecule has 31 heavy (non-hydrogen) atoms. The molecular formula is C25H37N5O. The van der Waals surface area contributed by atoms with Crippen LogP contribution in [0.25, 0.3) is 17.5 Å². The first kappa shape index (κ1) is 21.9. The lowest BCUT2D eigenvalue weighted by Gasteiger charge is -2.31. The molecule has 1 unspecified atom stereocenters. The number of nitrogens with zero attached hydrogens (tertiary/aromatic N) is 3. The van der Waals surface area contributed by atoms with Crippen molar-refractivity contribution in [2.45, 2.75) is 71.9 Å². The van der Waals surface area contributed by atoms with E-state index in [0.717, 1.165) is 55.7 Å². The third kappa shape index (κ3) is 4.49. The number of aromatic amines is 2. The van der Waals surface area contributed by atoms with Crippen molar-refractivity contribution in [2.75, 3.05) is 20.6 Å². The van der Waals surface area contributed by atoms with Crippen molar-refractivity contribution < 1.29 is 4.79 Å². The quantitative estimate of drug-likeness (QED) is 0.758. The van der Waals surface area contributed by atoms with Crippen LogP contribution in [0.3, 0.4) is 0 Å². The summed E-state index contributed by atoms with van der Waals surface area (Å²) in [6.07, 6.45) is 9.32. The number of hydrogen-bond donors (Lipinski definition) is 2. The van der Waals surface area contributed by atoms with E-state index in [2.05, 4.69) is 73.0 Å². The van der Waals surface area contributed by atoms with E-state index in [1.54, 1.807) is 0 Å². The van der Waals surface area contributed by atoms with Gasteiger partial charge in [0.25, 0.3) is 0 Å². The number of fused-ring (bicyclic) bond motifs is 1. The lowest BCUT2D eigenvalue weighted by atomic mass is 9.88. The summed E-state index contributed by atoms with van der Waals surface area (Å²) in [6, 6.07) is 2.31. The van der Waals surface area contributed by atoms with E-state index in [0.29, 0.717) is 0 Å². The fourth-order valence-electron chi connectivity index (χ4n) is 4.82. The molecule has 1 aliphatic carbocycles. The standard InChI is InChI=1S/C25H37N5O/c1-16-19(11-12-25(2,3)4)23(28-27-16)21-14-17-9-10-18(15-20(17)26-21)30(6)24(31)22-8-7-13-29(22)5/h9-10,14,18,22,26H,7-8,11-13,15H2,1-6H3,(H,27,28)/t18?,22-/m0/s1. The predicted molar refractivity (Wildman–Crippen MR) is 126 cm³/mol. The van der Waals surface area contributed by atoms with Gasteiger partial charge in [0.2, 0.25) is 5.91 Å². The molecule has 2 atom stereocenters. The summed E-state index contributed by atoms with van der Waals surface area (Å²) in [5.41, 5.74) is 7.20. The molecule has 1 saturated heterocycles. The number of aromatic nitrogens is 3. The normalized spacial score (nSPS) is 21.5. The Morgan fingerprint density at radius 1 is 1.35 bits per heavy atom. The zero-order valence-electron chi connectivity index (χ0n) is 19.9. The molecule has 2 aliphatic rings. The summed E-state index contributed by atoms with van der Waals surface area (Å²) in [6.45, 7) is 9.95. The highest BCUT2D eigenvalue weighted by molar-refractivity contribution is 5.83. The molecule has 1 fully saturated rings. The molecule has 3 heterocycles. The number of carbonyl (C=O) groups excluding carboxylic acids is 1. The van der Waals surface area contributed by atoms with E-state index >= 15 is 0 Å². The van der Waals surface area contributed by atoms with Crippen LogP contribution in [0.5, 0.6) is 0 Å². The Bertz CT molecular complexity index is 977. The minimum atomic E-state index is 0.0244. The van der Waals surface area contributed by atoms with E-state index < -0.39 is 0 Å². The smallest absolute Gasteiger partial charge is 0.240 e. The number of H-pyrrole nitrogens is 2. The van der Waals surface area contributed by atoms with Crippen molar-refractivity contribution in [2.24, 2.45) is 5.41 Å². The monoisotopic (exact) mass is 423 g/mol. The number of hydrogen-bond acceptors (Lipinski definition) is 3. The molecule has 6 nitrogen and oxygen atoms in total. The second-order valence-corrected chi connectivity index (χ2v) is 10.6. The van der Waals surface area contributed by atoms with Crippen molar-refractivity contribution in [3.63, 3.8) is 0 Å². The lowest BCUT2D eigenvalue weighted by Crippen LogP contribution is -2.47. The van der Waals surface area contributed by atoms with Gasteiger partial charge in [-0.1, -0.05) is 32.9 Å². The van der Waals surface area contributed by atoms with Gasteiger partial charge in [0, 0.05) is 30.4 Å². The summed E-state index contributed by atoms with van der Waals surface area (Å²) >= 11 is 0. The Kier molecular flexibility index (Phi) is 5.86. The molecule has 0 radical (unpaired) electrons. The van der Waals surface area contributed by atoms with Gasteiger partial charge in [-0.05, 0) is 63.2 Å². The second kappa shape index (κ2) is 8.30.